The Labute approximate surface area is 325 Å². The normalized spacial score (nSPS) is 11.9. The van der Waals surface area contributed by atoms with Gasteiger partial charge in [-0.3, -0.25) is 0 Å². The fraction of sp³-hybridized carbons (Fsp3) is 0. The summed E-state index contributed by atoms with van der Waals surface area (Å²) in [6.07, 6.45) is 0. The van der Waals surface area contributed by atoms with Gasteiger partial charge in [-0.25, -0.2) is 15.0 Å². The molecule has 0 aliphatic heterocycles. The van der Waals surface area contributed by atoms with Gasteiger partial charge in [-0.05, 0) is 60.2 Å². The monoisotopic (exact) mass is 730 g/mol. The van der Waals surface area contributed by atoms with Gasteiger partial charge < -0.3 is 13.4 Å². The standard InChI is InChI=1S/C51H30N4O2/c1-3-13-31(14-4-1)49-52-50(32-15-5-2-6-16-32)54-51(53-49)34-23-25-39-46(30-34)57-48-35(33-24-28-45-40(29-33)38-19-9-12-22-44(38)56-45)26-27-43(47(39)48)55-41-20-10-7-17-36(41)37-18-8-11-21-42(37)55/h1-30H. The first-order valence-electron chi connectivity index (χ1n) is 19.0. The quantitative estimate of drug-likeness (QED) is 0.176. The van der Waals surface area contributed by atoms with Gasteiger partial charge in [-0.1, -0.05) is 127 Å². The Balaban J connectivity index is 1.12. The average molecular weight is 731 g/mol. The van der Waals surface area contributed by atoms with Crippen LogP contribution in [0.4, 0.5) is 0 Å². The van der Waals surface area contributed by atoms with Gasteiger partial charge >= 0.3 is 0 Å². The van der Waals surface area contributed by atoms with Gasteiger partial charge in [0.25, 0.3) is 0 Å². The predicted octanol–water partition coefficient (Wildman–Crippen LogP) is 13.4. The lowest BCUT2D eigenvalue weighted by atomic mass is 9.98. The summed E-state index contributed by atoms with van der Waals surface area (Å²) < 4.78 is 15.7. The zero-order chi connectivity index (χ0) is 37.5. The lowest BCUT2D eigenvalue weighted by molar-refractivity contribution is 0.668. The summed E-state index contributed by atoms with van der Waals surface area (Å²) in [7, 11) is 0. The van der Waals surface area contributed by atoms with Crippen LogP contribution in [0.15, 0.2) is 191 Å². The summed E-state index contributed by atoms with van der Waals surface area (Å²) in [5.41, 5.74) is 11.3. The van der Waals surface area contributed by atoms with Crippen LogP contribution in [0, 0.1) is 0 Å². The third-order valence-corrected chi connectivity index (χ3v) is 11.1. The Hall–Kier alpha value is -7.83. The second kappa shape index (κ2) is 12.3. The number of aromatic nitrogens is 4. The molecule has 0 saturated heterocycles. The van der Waals surface area contributed by atoms with E-state index in [0.29, 0.717) is 17.5 Å². The second-order valence-corrected chi connectivity index (χ2v) is 14.4. The van der Waals surface area contributed by atoms with Crippen molar-refractivity contribution < 1.29 is 8.83 Å². The second-order valence-electron chi connectivity index (χ2n) is 14.4. The fourth-order valence-corrected chi connectivity index (χ4v) is 8.43. The first kappa shape index (κ1) is 31.5. The molecule has 12 rings (SSSR count). The summed E-state index contributed by atoms with van der Waals surface area (Å²) in [6.45, 7) is 0. The van der Waals surface area contributed by atoms with Crippen LogP contribution in [0.5, 0.6) is 0 Å². The number of furan rings is 2. The van der Waals surface area contributed by atoms with Gasteiger partial charge in [0, 0.05) is 49.2 Å². The minimum Gasteiger partial charge on any atom is -0.456 e. The minimum atomic E-state index is 0.574. The molecule has 6 heteroatoms. The molecule has 0 atom stereocenters. The van der Waals surface area contributed by atoms with Crippen LogP contribution in [-0.4, -0.2) is 19.5 Å². The Kier molecular flexibility index (Phi) is 6.83. The molecule has 4 aromatic heterocycles. The van der Waals surface area contributed by atoms with E-state index in [4.69, 9.17) is 23.8 Å². The van der Waals surface area contributed by atoms with Gasteiger partial charge in [-0.15, -0.1) is 0 Å². The molecule has 57 heavy (non-hydrogen) atoms. The summed E-state index contributed by atoms with van der Waals surface area (Å²) in [5.74, 6) is 1.80. The van der Waals surface area contributed by atoms with Crippen molar-refractivity contribution in [2.24, 2.45) is 0 Å². The first-order chi connectivity index (χ1) is 28.2. The average Bonchev–Trinajstić information content (AvgIpc) is 3.96. The van der Waals surface area contributed by atoms with Crippen molar-refractivity contribution in [1.82, 2.24) is 19.5 Å². The first-order valence-corrected chi connectivity index (χ1v) is 19.0. The van der Waals surface area contributed by atoms with E-state index in [1.54, 1.807) is 0 Å². The number of nitrogens with zero attached hydrogens (tertiary/aromatic N) is 4. The molecule has 8 aromatic carbocycles. The van der Waals surface area contributed by atoms with Gasteiger partial charge in [0.2, 0.25) is 0 Å². The maximum absolute atomic E-state index is 7.07. The number of hydrogen-bond acceptors (Lipinski definition) is 5. The van der Waals surface area contributed by atoms with Crippen LogP contribution in [-0.2, 0) is 0 Å². The smallest absolute Gasteiger partial charge is 0.164 e. The molecule has 0 saturated carbocycles. The molecular weight excluding hydrogens is 701 g/mol. The molecule has 0 N–H and O–H groups in total. The molecule has 0 spiro atoms. The summed E-state index contributed by atoms with van der Waals surface area (Å²) in [4.78, 5) is 15.0. The van der Waals surface area contributed by atoms with E-state index < -0.39 is 0 Å². The topological polar surface area (TPSA) is 69.9 Å². The number of hydrogen-bond donors (Lipinski definition) is 0. The Morgan fingerprint density at radius 3 is 1.60 bits per heavy atom. The van der Waals surface area contributed by atoms with E-state index in [1.807, 2.05) is 72.8 Å². The third kappa shape index (κ3) is 4.94. The maximum atomic E-state index is 7.07. The Morgan fingerprint density at radius 2 is 0.912 bits per heavy atom. The van der Waals surface area contributed by atoms with Gasteiger partial charge in [0.1, 0.15) is 22.3 Å². The van der Waals surface area contributed by atoms with Crippen molar-refractivity contribution >= 4 is 65.7 Å². The molecular formula is C51H30N4O2. The van der Waals surface area contributed by atoms with Gasteiger partial charge in [0.15, 0.2) is 17.5 Å². The number of rotatable bonds is 5. The maximum Gasteiger partial charge on any atom is 0.164 e. The Morgan fingerprint density at radius 1 is 0.351 bits per heavy atom. The molecule has 266 valence electrons. The lowest BCUT2D eigenvalue weighted by Crippen LogP contribution is -2.00. The van der Waals surface area contributed by atoms with Gasteiger partial charge in [-0.2, -0.15) is 0 Å². The van der Waals surface area contributed by atoms with Crippen LogP contribution in [0.2, 0.25) is 0 Å². The van der Waals surface area contributed by atoms with Crippen LogP contribution in [0.3, 0.4) is 0 Å². The molecule has 0 fully saturated rings. The van der Waals surface area contributed by atoms with Crippen LogP contribution < -0.4 is 0 Å². The highest BCUT2D eigenvalue weighted by molar-refractivity contribution is 6.18. The number of fused-ring (bicyclic) bond motifs is 9. The van der Waals surface area contributed by atoms with Crippen LogP contribution >= 0.6 is 0 Å². The molecule has 6 nitrogen and oxygen atoms in total. The molecule has 0 amide bonds. The zero-order valence-electron chi connectivity index (χ0n) is 30.4. The van der Waals surface area contributed by atoms with E-state index >= 15 is 0 Å². The molecule has 12 aromatic rings. The van der Waals surface area contributed by atoms with Crippen molar-refractivity contribution in [3.8, 4) is 51.0 Å². The van der Waals surface area contributed by atoms with Crippen LogP contribution in [0.25, 0.3) is 117 Å². The van der Waals surface area contributed by atoms with E-state index in [2.05, 4.69) is 114 Å². The molecule has 0 aliphatic carbocycles. The van der Waals surface area contributed by atoms with Crippen molar-refractivity contribution in [2.45, 2.75) is 0 Å². The van der Waals surface area contributed by atoms with Crippen molar-refractivity contribution in [3.05, 3.63) is 182 Å². The number of para-hydroxylation sites is 3. The largest absolute Gasteiger partial charge is 0.456 e. The molecule has 0 radical (unpaired) electrons. The highest BCUT2D eigenvalue weighted by Gasteiger charge is 2.22. The summed E-state index contributed by atoms with van der Waals surface area (Å²) in [5, 5.41) is 6.60. The fourth-order valence-electron chi connectivity index (χ4n) is 8.43. The van der Waals surface area contributed by atoms with Crippen molar-refractivity contribution in [3.63, 3.8) is 0 Å². The van der Waals surface area contributed by atoms with Crippen molar-refractivity contribution in [2.75, 3.05) is 0 Å². The molecule has 0 aliphatic rings. The van der Waals surface area contributed by atoms with E-state index in [9.17, 15) is 0 Å². The Bertz CT molecular complexity index is 3410. The molecule has 0 unspecified atom stereocenters. The predicted molar refractivity (Wildman–Crippen MR) is 230 cm³/mol. The lowest BCUT2D eigenvalue weighted by Gasteiger charge is -2.12. The zero-order valence-corrected chi connectivity index (χ0v) is 30.4. The number of benzene rings is 8. The highest BCUT2D eigenvalue weighted by atomic mass is 16.3. The highest BCUT2D eigenvalue weighted by Crippen LogP contribution is 2.44. The molecule has 4 heterocycles. The third-order valence-electron chi connectivity index (χ3n) is 11.1. The minimum absolute atomic E-state index is 0.574. The van der Waals surface area contributed by atoms with Gasteiger partial charge in [0.05, 0.1) is 22.1 Å². The van der Waals surface area contributed by atoms with E-state index in [1.165, 1.54) is 10.8 Å². The van der Waals surface area contributed by atoms with E-state index in [-0.39, 0.29) is 0 Å². The van der Waals surface area contributed by atoms with Crippen LogP contribution in [0.1, 0.15) is 0 Å². The SMILES string of the molecule is c1ccc(-c2nc(-c3ccccc3)nc(-c3ccc4c(c3)oc3c(-c5ccc6oc7ccccc7c6c5)ccc(-n5c6ccccc6c6ccccc65)c34)n2)cc1. The summed E-state index contributed by atoms with van der Waals surface area (Å²) >= 11 is 0. The van der Waals surface area contributed by atoms with E-state index in [0.717, 1.165) is 88.4 Å². The summed E-state index contributed by atoms with van der Waals surface area (Å²) in [6, 6.07) is 62.7. The molecule has 0 bridgehead atoms. The van der Waals surface area contributed by atoms with Crippen molar-refractivity contribution in [1.29, 1.82) is 0 Å².